The lowest BCUT2D eigenvalue weighted by atomic mass is 10.1. The van der Waals surface area contributed by atoms with Crippen LogP contribution >= 0.6 is 8.15 Å². The van der Waals surface area contributed by atoms with Gasteiger partial charge in [-0.2, -0.15) is 0 Å². The fourth-order valence-electron chi connectivity index (χ4n) is 1.54. The molecule has 7 heteroatoms. The number of carboxylic acid groups (broad SMARTS) is 2. The van der Waals surface area contributed by atoms with Gasteiger partial charge >= 0.3 is 11.9 Å². The Morgan fingerprint density at radius 1 is 1.08 bits per heavy atom. The molecule has 2 atom stereocenters. The molecule has 0 fully saturated rings. The molecule has 6 nitrogen and oxygen atoms in total. The van der Waals surface area contributed by atoms with Gasteiger partial charge in [-0.1, -0.05) is 45.9 Å². The summed E-state index contributed by atoms with van der Waals surface area (Å²) in [6.45, 7) is 11.7. The molecule has 0 aliphatic carbocycles. The maximum Gasteiger partial charge on any atom is 0.306 e. The first-order valence-electron chi connectivity index (χ1n) is 8.87. The van der Waals surface area contributed by atoms with Crippen LogP contribution in [0.5, 0.6) is 0 Å². The molecule has 26 heavy (non-hydrogen) atoms. The van der Waals surface area contributed by atoms with Crippen molar-refractivity contribution in [1.82, 2.24) is 0 Å². The fourth-order valence-corrected chi connectivity index (χ4v) is 2.79. The molecule has 0 aliphatic rings. The Bertz CT molecular complexity index is 443. The zero-order chi connectivity index (χ0) is 21.0. The van der Waals surface area contributed by atoms with E-state index in [1.54, 1.807) is 25.2 Å². The maximum absolute atomic E-state index is 11.1. The van der Waals surface area contributed by atoms with Gasteiger partial charge < -0.3 is 19.8 Å². The topological polar surface area (TPSA) is 104 Å². The third-order valence-corrected chi connectivity index (χ3v) is 4.01. The van der Waals surface area contributed by atoms with Crippen molar-refractivity contribution in [2.24, 2.45) is 5.92 Å². The van der Waals surface area contributed by atoms with Gasteiger partial charge in [0.1, 0.15) is 12.1 Å². The molecule has 0 heterocycles. The molecule has 0 bridgehead atoms. The van der Waals surface area contributed by atoms with Crippen molar-refractivity contribution in [3.05, 3.63) is 36.1 Å². The molecule has 2 unspecified atom stereocenters. The van der Waals surface area contributed by atoms with Gasteiger partial charge in [0, 0.05) is 12.6 Å². The number of allylic oxidation sites excluding steroid dienone is 5. The van der Waals surface area contributed by atoms with Crippen LogP contribution in [0, 0.1) is 5.92 Å². The first kappa shape index (κ1) is 29.1. The minimum absolute atomic E-state index is 0.00172. The summed E-state index contributed by atoms with van der Waals surface area (Å²) in [5.41, 5.74) is 0. The van der Waals surface area contributed by atoms with Gasteiger partial charge in [-0.3, -0.25) is 9.59 Å². The molecule has 0 aromatic heterocycles. The standard InChI is InChI=1S/C15H23O6P.2C2H6/c1-3-5-6-7-13(4-2)21-11-22(20)10-12(15(18)19)8-9-14(16)17;2*1-2/h3-7,12,20H,8-11H2,1-2H3,(H,16,17)(H,18,19);2*1-2H3/b5-3-,7-6-,13-4+;;. The molecule has 0 amide bonds. The lowest BCUT2D eigenvalue weighted by molar-refractivity contribution is -0.142. The lowest BCUT2D eigenvalue weighted by Crippen LogP contribution is -2.19. The van der Waals surface area contributed by atoms with Gasteiger partial charge in [-0.15, -0.1) is 0 Å². The van der Waals surface area contributed by atoms with Crippen molar-refractivity contribution < 1.29 is 29.4 Å². The normalized spacial score (nSPS) is 13.3. The molecule has 0 aromatic carbocycles. The van der Waals surface area contributed by atoms with Crippen molar-refractivity contribution in [1.29, 1.82) is 0 Å². The van der Waals surface area contributed by atoms with E-state index in [9.17, 15) is 14.5 Å². The largest absolute Gasteiger partial charge is 0.487 e. The van der Waals surface area contributed by atoms with Gasteiger partial charge in [0.25, 0.3) is 0 Å². The summed E-state index contributed by atoms with van der Waals surface area (Å²) < 4.78 is 5.42. The van der Waals surface area contributed by atoms with Crippen molar-refractivity contribution in [3.8, 4) is 0 Å². The molecule has 0 spiro atoms. The number of ether oxygens (including phenoxy) is 1. The molecule has 0 radical (unpaired) electrons. The van der Waals surface area contributed by atoms with Gasteiger partial charge in [0.2, 0.25) is 0 Å². The van der Waals surface area contributed by atoms with E-state index in [-0.39, 0.29) is 25.4 Å². The highest BCUT2D eigenvalue weighted by Gasteiger charge is 2.22. The predicted octanol–water partition coefficient (Wildman–Crippen LogP) is 5.00. The van der Waals surface area contributed by atoms with Crippen LogP contribution < -0.4 is 0 Å². The van der Waals surface area contributed by atoms with E-state index in [1.165, 1.54) is 0 Å². The second kappa shape index (κ2) is 21.4. The van der Waals surface area contributed by atoms with Crippen LogP contribution in [0.15, 0.2) is 36.1 Å². The van der Waals surface area contributed by atoms with Crippen LogP contribution in [-0.4, -0.2) is 39.6 Å². The second-order valence-corrected chi connectivity index (χ2v) is 6.14. The number of carboxylic acids is 2. The monoisotopic (exact) mass is 390 g/mol. The van der Waals surface area contributed by atoms with E-state index in [0.29, 0.717) is 5.76 Å². The zero-order valence-electron chi connectivity index (χ0n) is 16.8. The van der Waals surface area contributed by atoms with Crippen LogP contribution in [0.1, 0.15) is 54.4 Å². The minimum Gasteiger partial charge on any atom is -0.487 e. The first-order valence-corrected chi connectivity index (χ1v) is 10.5. The van der Waals surface area contributed by atoms with E-state index >= 15 is 0 Å². The summed E-state index contributed by atoms with van der Waals surface area (Å²) in [5, 5.41) is 17.6. The molecule has 0 rings (SSSR count). The third-order valence-electron chi connectivity index (χ3n) is 2.72. The average Bonchev–Trinajstić information content (AvgIpc) is 2.64. The fraction of sp³-hybridized carbons (Fsp3) is 0.579. The maximum atomic E-state index is 11.1. The van der Waals surface area contributed by atoms with Crippen LogP contribution in [0.3, 0.4) is 0 Å². The Balaban J connectivity index is -0.00000123. The average molecular weight is 390 g/mol. The van der Waals surface area contributed by atoms with Crippen molar-refractivity contribution >= 4 is 20.1 Å². The molecule has 0 saturated carbocycles. The Morgan fingerprint density at radius 3 is 2.08 bits per heavy atom. The van der Waals surface area contributed by atoms with Gasteiger partial charge in [-0.25, -0.2) is 0 Å². The quantitative estimate of drug-likeness (QED) is 0.260. The Labute approximate surface area is 159 Å². The Kier molecular flexibility index (Phi) is 24.0. The van der Waals surface area contributed by atoms with E-state index in [1.807, 2.05) is 46.8 Å². The van der Waals surface area contributed by atoms with E-state index in [0.717, 1.165) is 0 Å². The zero-order valence-corrected chi connectivity index (χ0v) is 17.7. The smallest absolute Gasteiger partial charge is 0.306 e. The summed E-state index contributed by atoms with van der Waals surface area (Å²) in [6, 6.07) is 0. The predicted molar refractivity (Wildman–Crippen MR) is 108 cm³/mol. The molecule has 0 saturated heterocycles. The van der Waals surface area contributed by atoms with Crippen LogP contribution in [0.2, 0.25) is 0 Å². The Morgan fingerprint density at radius 2 is 1.65 bits per heavy atom. The molecule has 152 valence electrons. The summed E-state index contributed by atoms with van der Waals surface area (Å²) in [4.78, 5) is 31.5. The van der Waals surface area contributed by atoms with Crippen molar-refractivity contribution in [3.63, 3.8) is 0 Å². The Hall–Kier alpha value is -1.65. The molecule has 3 N–H and O–H groups in total. The molecule has 0 aromatic rings. The lowest BCUT2D eigenvalue weighted by Gasteiger charge is -2.17. The third kappa shape index (κ3) is 18.7. The molecular weight excluding hydrogens is 355 g/mol. The van der Waals surface area contributed by atoms with Crippen molar-refractivity contribution in [2.75, 3.05) is 12.5 Å². The number of hydrogen-bond donors (Lipinski definition) is 3. The first-order chi connectivity index (χ1) is 12.4. The van der Waals surface area contributed by atoms with Crippen LogP contribution in [0.4, 0.5) is 0 Å². The SMILES string of the molecule is CC.CC.C\C=C/C=C\C(=C/C)OCP(O)CC(CCC(=O)O)C(=O)O. The van der Waals surface area contributed by atoms with Crippen LogP contribution in [-0.2, 0) is 14.3 Å². The van der Waals surface area contributed by atoms with Gasteiger partial charge in [0.05, 0.1) is 14.1 Å². The van der Waals surface area contributed by atoms with Crippen LogP contribution in [0.25, 0.3) is 0 Å². The van der Waals surface area contributed by atoms with Gasteiger partial charge in [0.15, 0.2) is 0 Å². The second-order valence-electron chi connectivity index (χ2n) is 4.51. The van der Waals surface area contributed by atoms with Gasteiger partial charge in [-0.05, 0) is 32.4 Å². The van der Waals surface area contributed by atoms with E-state index in [2.05, 4.69) is 0 Å². The number of aliphatic carboxylic acids is 2. The summed E-state index contributed by atoms with van der Waals surface area (Å²) in [6.07, 6.45) is 8.78. The number of hydrogen-bond acceptors (Lipinski definition) is 4. The summed E-state index contributed by atoms with van der Waals surface area (Å²) in [5.74, 6) is -2.43. The number of carbonyl (C=O) groups is 2. The highest BCUT2D eigenvalue weighted by atomic mass is 31.1. The van der Waals surface area contributed by atoms with Crippen molar-refractivity contribution in [2.45, 2.75) is 54.4 Å². The van der Waals surface area contributed by atoms with E-state index in [4.69, 9.17) is 14.9 Å². The number of rotatable bonds is 11. The highest BCUT2D eigenvalue weighted by Crippen LogP contribution is 2.34. The summed E-state index contributed by atoms with van der Waals surface area (Å²) >= 11 is 0. The van der Waals surface area contributed by atoms with E-state index < -0.39 is 26.0 Å². The molecular formula is C19H35O6P. The highest BCUT2D eigenvalue weighted by molar-refractivity contribution is 7.51. The minimum atomic E-state index is -1.63. The summed E-state index contributed by atoms with van der Waals surface area (Å²) in [7, 11) is -1.63. The molecule has 0 aliphatic heterocycles.